The average molecular weight is 218 g/mol. The molecule has 16 heavy (non-hydrogen) atoms. The molecule has 1 atom stereocenters. The van der Waals surface area contributed by atoms with Crippen LogP contribution in [0.5, 0.6) is 5.75 Å². The number of fused-ring (bicyclic) bond motifs is 1. The van der Waals surface area contributed by atoms with Gasteiger partial charge in [-0.2, -0.15) is 0 Å². The van der Waals surface area contributed by atoms with E-state index in [9.17, 15) is 5.11 Å². The first-order valence-corrected chi connectivity index (χ1v) is 5.60. The third-order valence-electron chi connectivity index (χ3n) is 2.58. The molecule has 0 saturated heterocycles. The van der Waals surface area contributed by atoms with Gasteiger partial charge >= 0.3 is 0 Å². The maximum absolute atomic E-state index is 9.82. The van der Waals surface area contributed by atoms with E-state index < -0.39 is 6.10 Å². The van der Waals surface area contributed by atoms with Crippen molar-refractivity contribution in [1.29, 1.82) is 0 Å². The maximum Gasteiger partial charge on any atom is 0.132 e. The zero-order valence-corrected chi connectivity index (χ0v) is 10.0. The van der Waals surface area contributed by atoms with Gasteiger partial charge in [0.25, 0.3) is 0 Å². The predicted octanol–water partition coefficient (Wildman–Crippen LogP) is 3.21. The Kier molecular flexibility index (Phi) is 2.76. The van der Waals surface area contributed by atoms with Crippen LogP contribution in [0.1, 0.15) is 38.0 Å². The van der Waals surface area contributed by atoms with E-state index in [2.05, 4.69) is 26.8 Å². The molecule has 86 valence electrons. The van der Waals surface area contributed by atoms with Crippen LogP contribution in [0.2, 0.25) is 0 Å². The van der Waals surface area contributed by atoms with Gasteiger partial charge in [0.2, 0.25) is 0 Å². The molecule has 1 aliphatic rings. The lowest BCUT2D eigenvalue weighted by molar-refractivity contribution is 0.213. The summed E-state index contributed by atoms with van der Waals surface area (Å²) in [6.07, 6.45) is 3.65. The van der Waals surface area contributed by atoms with E-state index in [0.29, 0.717) is 0 Å². The lowest BCUT2D eigenvalue weighted by atomic mass is 9.87. The van der Waals surface area contributed by atoms with Gasteiger partial charge < -0.3 is 9.84 Å². The van der Waals surface area contributed by atoms with Gasteiger partial charge in [-0.3, -0.25) is 0 Å². The van der Waals surface area contributed by atoms with Crippen molar-refractivity contribution in [3.63, 3.8) is 0 Å². The fourth-order valence-electron chi connectivity index (χ4n) is 1.95. The molecule has 1 N–H and O–H groups in total. The lowest BCUT2D eigenvalue weighted by Gasteiger charge is -2.21. The quantitative estimate of drug-likeness (QED) is 0.784. The minimum absolute atomic E-state index is 0.255. The SMILES string of the molecule is CC(C)(C)Cc1ccc2c(c1)[C@H](O)C=CO2. The van der Waals surface area contributed by atoms with Crippen molar-refractivity contribution in [2.45, 2.75) is 33.3 Å². The summed E-state index contributed by atoms with van der Waals surface area (Å²) in [7, 11) is 0. The molecule has 0 unspecified atom stereocenters. The summed E-state index contributed by atoms with van der Waals surface area (Å²) in [5.74, 6) is 0.757. The van der Waals surface area contributed by atoms with Gasteiger partial charge in [-0.15, -0.1) is 0 Å². The molecule has 0 saturated carbocycles. The highest BCUT2D eigenvalue weighted by atomic mass is 16.5. The summed E-state index contributed by atoms with van der Waals surface area (Å²) in [5.41, 5.74) is 2.36. The average Bonchev–Trinajstić information content (AvgIpc) is 2.17. The summed E-state index contributed by atoms with van der Waals surface area (Å²) >= 11 is 0. The van der Waals surface area contributed by atoms with Crippen molar-refractivity contribution in [3.05, 3.63) is 41.7 Å². The summed E-state index contributed by atoms with van der Waals surface area (Å²) < 4.78 is 5.34. The van der Waals surface area contributed by atoms with Gasteiger partial charge in [-0.05, 0) is 35.6 Å². The molecule has 0 amide bonds. The van der Waals surface area contributed by atoms with Crippen LogP contribution >= 0.6 is 0 Å². The highest BCUT2D eigenvalue weighted by Gasteiger charge is 2.17. The zero-order valence-electron chi connectivity index (χ0n) is 10.0. The van der Waals surface area contributed by atoms with Crippen LogP contribution in [0.25, 0.3) is 0 Å². The largest absolute Gasteiger partial charge is 0.465 e. The van der Waals surface area contributed by atoms with E-state index in [1.165, 1.54) is 11.8 Å². The molecule has 0 aliphatic carbocycles. The molecule has 0 fully saturated rings. The number of aliphatic hydroxyl groups excluding tert-OH is 1. The van der Waals surface area contributed by atoms with Crippen molar-refractivity contribution < 1.29 is 9.84 Å². The van der Waals surface area contributed by atoms with Crippen molar-refractivity contribution in [2.75, 3.05) is 0 Å². The molecule has 1 aromatic rings. The van der Waals surface area contributed by atoms with Gasteiger partial charge in [0, 0.05) is 5.56 Å². The Bertz CT molecular complexity index is 413. The predicted molar refractivity (Wildman–Crippen MR) is 64.3 cm³/mol. The molecule has 2 heteroatoms. The van der Waals surface area contributed by atoms with E-state index in [-0.39, 0.29) is 5.41 Å². The highest BCUT2D eigenvalue weighted by Crippen LogP contribution is 2.32. The molecule has 0 aromatic heterocycles. The first-order valence-electron chi connectivity index (χ1n) is 5.60. The fourth-order valence-corrected chi connectivity index (χ4v) is 1.95. The van der Waals surface area contributed by atoms with Crippen molar-refractivity contribution in [3.8, 4) is 5.75 Å². The second-order valence-corrected chi connectivity index (χ2v) is 5.50. The van der Waals surface area contributed by atoms with E-state index in [1.807, 2.05) is 12.1 Å². The number of rotatable bonds is 1. The molecule has 1 aromatic carbocycles. The minimum atomic E-state index is -0.538. The van der Waals surface area contributed by atoms with Crippen LogP contribution in [0.4, 0.5) is 0 Å². The second-order valence-electron chi connectivity index (χ2n) is 5.50. The molecular weight excluding hydrogens is 200 g/mol. The molecule has 0 spiro atoms. The van der Waals surface area contributed by atoms with Gasteiger partial charge in [-0.25, -0.2) is 0 Å². The van der Waals surface area contributed by atoms with Crippen LogP contribution in [-0.2, 0) is 6.42 Å². The molecule has 2 rings (SSSR count). The Morgan fingerprint density at radius 3 is 2.75 bits per heavy atom. The Morgan fingerprint density at radius 1 is 1.31 bits per heavy atom. The Hall–Kier alpha value is -1.28. The summed E-state index contributed by atoms with van der Waals surface area (Å²) in [6.45, 7) is 6.62. The smallest absolute Gasteiger partial charge is 0.132 e. The van der Waals surface area contributed by atoms with Crippen LogP contribution in [0, 0.1) is 5.41 Å². The van der Waals surface area contributed by atoms with E-state index >= 15 is 0 Å². The number of hydrogen-bond acceptors (Lipinski definition) is 2. The summed E-state index contributed by atoms with van der Waals surface area (Å²) in [5, 5.41) is 9.82. The summed E-state index contributed by atoms with van der Waals surface area (Å²) in [4.78, 5) is 0. The Morgan fingerprint density at radius 2 is 2.06 bits per heavy atom. The number of benzene rings is 1. The molecule has 1 heterocycles. The van der Waals surface area contributed by atoms with Crippen LogP contribution in [0.3, 0.4) is 0 Å². The zero-order chi connectivity index (χ0) is 11.8. The van der Waals surface area contributed by atoms with Crippen LogP contribution in [0.15, 0.2) is 30.5 Å². The first-order chi connectivity index (χ1) is 7.46. The fraction of sp³-hybridized carbons (Fsp3) is 0.429. The van der Waals surface area contributed by atoms with E-state index in [4.69, 9.17) is 4.74 Å². The third kappa shape index (κ3) is 2.45. The van der Waals surface area contributed by atoms with Gasteiger partial charge in [0.15, 0.2) is 0 Å². The molecule has 1 aliphatic heterocycles. The lowest BCUT2D eigenvalue weighted by Crippen LogP contribution is -2.10. The Balaban J connectivity index is 2.29. The molecule has 2 nitrogen and oxygen atoms in total. The molecule has 0 bridgehead atoms. The number of ether oxygens (including phenoxy) is 1. The normalized spacial score (nSPS) is 19.1. The van der Waals surface area contributed by atoms with Crippen LogP contribution < -0.4 is 4.74 Å². The monoisotopic (exact) mass is 218 g/mol. The Labute approximate surface area is 96.6 Å². The highest BCUT2D eigenvalue weighted by molar-refractivity contribution is 5.42. The first kappa shape index (κ1) is 11.2. The van der Waals surface area contributed by atoms with Crippen molar-refractivity contribution >= 4 is 0 Å². The minimum Gasteiger partial charge on any atom is -0.465 e. The van der Waals surface area contributed by atoms with Crippen molar-refractivity contribution in [2.24, 2.45) is 5.41 Å². The van der Waals surface area contributed by atoms with E-state index in [0.717, 1.165) is 17.7 Å². The summed E-state index contributed by atoms with van der Waals surface area (Å²) in [6, 6.07) is 6.04. The van der Waals surface area contributed by atoms with Crippen molar-refractivity contribution in [1.82, 2.24) is 0 Å². The standard InChI is InChI=1S/C14H18O2/c1-14(2,3)9-10-4-5-13-11(8-10)12(15)6-7-16-13/h4-8,12,15H,9H2,1-3H3/t12-/m1/s1. The second kappa shape index (κ2) is 3.95. The number of hydrogen-bond donors (Lipinski definition) is 1. The topological polar surface area (TPSA) is 29.5 Å². The van der Waals surface area contributed by atoms with Gasteiger partial charge in [0.1, 0.15) is 11.9 Å². The molecular formula is C14H18O2. The maximum atomic E-state index is 9.82. The van der Waals surface area contributed by atoms with Gasteiger partial charge in [0.05, 0.1) is 6.26 Å². The number of aliphatic hydroxyl groups is 1. The van der Waals surface area contributed by atoms with E-state index in [1.54, 1.807) is 6.08 Å². The van der Waals surface area contributed by atoms with Crippen LogP contribution in [-0.4, -0.2) is 5.11 Å². The molecule has 0 radical (unpaired) electrons. The third-order valence-corrected chi connectivity index (χ3v) is 2.58. The van der Waals surface area contributed by atoms with Gasteiger partial charge in [-0.1, -0.05) is 26.8 Å².